The zero-order valence-corrected chi connectivity index (χ0v) is 13.6. The molecule has 1 aromatic carbocycles. The fourth-order valence-corrected chi connectivity index (χ4v) is 0.906. The monoisotopic (exact) mass is 324 g/mol. The van der Waals surface area contributed by atoms with Crippen molar-refractivity contribution in [3.63, 3.8) is 0 Å². The van der Waals surface area contributed by atoms with E-state index >= 15 is 0 Å². The van der Waals surface area contributed by atoms with Crippen LogP contribution in [0.4, 0.5) is 4.39 Å². The maximum absolute atomic E-state index is 12.7. The fourth-order valence-electron chi connectivity index (χ4n) is 0.906. The molecule has 1 rings (SSSR count). The second-order valence-electron chi connectivity index (χ2n) is 3.40. The molecule has 80 valence electrons. The van der Waals surface area contributed by atoms with Gasteiger partial charge < -0.3 is 4.74 Å². The third-order valence-electron chi connectivity index (χ3n) is 1.69. The van der Waals surface area contributed by atoms with E-state index in [1.807, 2.05) is 0 Å². The minimum absolute atomic E-state index is 0.279. The van der Waals surface area contributed by atoms with Crippen LogP contribution < -0.4 is 4.74 Å². The topological polar surface area (TPSA) is 9.23 Å². The summed E-state index contributed by atoms with van der Waals surface area (Å²) in [6.07, 6.45) is 0.977. The Balaban J connectivity index is 0.000000921. The van der Waals surface area contributed by atoms with Gasteiger partial charge in [0.15, 0.2) is 0 Å². The van der Waals surface area contributed by atoms with E-state index in [1.54, 1.807) is 0 Å². The first-order valence-electron chi connectivity index (χ1n) is 4.75. The SMILES string of the molecule is CC(C)CCOc1[c-]ccc(F)c1.[Zn+][Br]. The first-order chi connectivity index (χ1) is 7.18. The quantitative estimate of drug-likeness (QED) is 0.602. The summed E-state index contributed by atoms with van der Waals surface area (Å²) in [4.78, 5) is 0. The molecule has 4 heteroatoms. The molecule has 0 spiro atoms. The van der Waals surface area contributed by atoms with Gasteiger partial charge in [-0.3, -0.25) is 0 Å². The molecular weight excluding hydrogens is 312 g/mol. The van der Waals surface area contributed by atoms with Crippen LogP contribution in [0.1, 0.15) is 20.3 Å². The van der Waals surface area contributed by atoms with Crippen LogP contribution in [-0.4, -0.2) is 6.61 Å². The van der Waals surface area contributed by atoms with Crippen molar-refractivity contribution in [1.82, 2.24) is 0 Å². The van der Waals surface area contributed by atoms with Crippen LogP contribution in [0.2, 0.25) is 0 Å². The molecule has 0 atom stereocenters. The van der Waals surface area contributed by atoms with Crippen molar-refractivity contribution in [2.75, 3.05) is 6.61 Å². The van der Waals surface area contributed by atoms with E-state index < -0.39 is 0 Å². The van der Waals surface area contributed by atoms with Crippen molar-refractivity contribution < 1.29 is 25.5 Å². The van der Waals surface area contributed by atoms with Gasteiger partial charge in [-0.15, -0.1) is 12.1 Å². The van der Waals surface area contributed by atoms with Crippen LogP contribution in [0.15, 0.2) is 18.2 Å². The van der Waals surface area contributed by atoms with Crippen LogP contribution >= 0.6 is 13.6 Å². The van der Waals surface area contributed by atoms with Crippen LogP contribution in [0.5, 0.6) is 5.75 Å². The molecule has 0 saturated carbocycles. The predicted molar refractivity (Wildman–Crippen MR) is 59.1 cm³/mol. The second-order valence-corrected chi connectivity index (χ2v) is 3.40. The Bertz CT molecular complexity index is 269. The molecule has 1 aromatic rings. The number of halogens is 2. The summed E-state index contributed by atoms with van der Waals surface area (Å²) in [5.41, 5.74) is 0. The molecule has 0 aliphatic carbocycles. The van der Waals surface area contributed by atoms with Crippen molar-refractivity contribution >= 4 is 13.6 Å². The third kappa shape index (κ3) is 7.92. The van der Waals surface area contributed by atoms with Crippen molar-refractivity contribution in [1.29, 1.82) is 0 Å². The molecule has 0 aliphatic heterocycles. The number of hydrogen-bond acceptors (Lipinski definition) is 1. The molecule has 0 saturated heterocycles. The van der Waals surface area contributed by atoms with Gasteiger partial charge in [-0.2, -0.15) is 6.07 Å². The molecule has 1 nitrogen and oxygen atoms in total. The zero-order chi connectivity index (χ0) is 11.7. The van der Waals surface area contributed by atoms with Gasteiger partial charge in [-0.1, -0.05) is 19.9 Å². The molecule has 0 fully saturated rings. The molecule has 15 heavy (non-hydrogen) atoms. The summed E-state index contributed by atoms with van der Waals surface area (Å²) in [6, 6.07) is 7.05. The van der Waals surface area contributed by atoms with Crippen molar-refractivity contribution in [3.05, 3.63) is 30.1 Å². The van der Waals surface area contributed by atoms with Gasteiger partial charge in [0.2, 0.25) is 0 Å². The Kier molecular flexibility index (Phi) is 9.32. The molecule has 0 amide bonds. The van der Waals surface area contributed by atoms with Gasteiger partial charge in [0.25, 0.3) is 0 Å². The number of rotatable bonds is 4. The van der Waals surface area contributed by atoms with E-state index in [2.05, 4.69) is 33.5 Å². The van der Waals surface area contributed by atoms with Gasteiger partial charge in [0.05, 0.1) is 6.61 Å². The summed E-state index contributed by atoms with van der Waals surface area (Å²) in [5.74, 6) is 0.813. The van der Waals surface area contributed by atoms with Gasteiger partial charge in [-0.25, -0.2) is 4.39 Å². The van der Waals surface area contributed by atoms with Gasteiger partial charge in [-0.05, 0) is 12.3 Å². The van der Waals surface area contributed by atoms with E-state index in [9.17, 15) is 4.39 Å². The van der Waals surface area contributed by atoms with Crippen molar-refractivity contribution in [2.24, 2.45) is 5.92 Å². The van der Waals surface area contributed by atoms with Crippen molar-refractivity contribution in [2.45, 2.75) is 20.3 Å². The summed E-state index contributed by atoms with van der Waals surface area (Å²) in [6.45, 7) is 4.87. The van der Waals surface area contributed by atoms with Crippen LogP contribution in [-0.2, 0) is 16.3 Å². The Morgan fingerprint density at radius 2 is 2.20 bits per heavy atom. The minimum atomic E-state index is -0.279. The van der Waals surface area contributed by atoms with E-state index in [1.165, 1.54) is 34.5 Å². The Hall–Kier alpha value is 0.0534. The normalized spacial score (nSPS) is 9.53. The van der Waals surface area contributed by atoms with Crippen LogP contribution in [0.3, 0.4) is 0 Å². The summed E-state index contributed by atoms with van der Waals surface area (Å²) in [7, 11) is 0. The van der Waals surface area contributed by atoms with Gasteiger partial charge >= 0.3 is 30.0 Å². The number of hydrogen-bond donors (Lipinski definition) is 0. The first-order valence-corrected chi connectivity index (χ1v) is 11.7. The zero-order valence-electron chi connectivity index (χ0n) is 9.09. The Labute approximate surface area is 107 Å². The summed E-state index contributed by atoms with van der Waals surface area (Å²) >= 11 is 4.25. The van der Waals surface area contributed by atoms with Gasteiger partial charge in [0.1, 0.15) is 0 Å². The average Bonchev–Trinajstić information content (AvgIpc) is 2.20. The molecule has 0 N–H and O–H groups in total. The first kappa shape index (κ1) is 15.1. The summed E-state index contributed by atoms with van der Waals surface area (Å²) in [5, 5.41) is 0. The van der Waals surface area contributed by atoms with Crippen LogP contribution in [0, 0.1) is 17.8 Å². The fraction of sp³-hybridized carbons (Fsp3) is 0.455. The standard InChI is InChI=1S/C11H14FO.BrH.Zn/c1-9(2)6-7-13-11-5-3-4-10(12)8-11;;/h3-4,8-9H,6-7H2,1-2H3;1H;/q-1;;+2/p-1. The molecule has 0 heterocycles. The molecule has 0 unspecified atom stereocenters. The van der Waals surface area contributed by atoms with E-state index in [4.69, 9.17) is 4.74 Å². The molecule has 0 aromatic heterocycles. The predicted octanol–water partition coefficient (Wildman–Crippen LogP) is 3.89. The Morgan fingerprint density at radius 3 is 2.73 bits per heavy atom. The maximum atomic E-state index is 12.7. The molecular formula is C11H14BrFOZn. The number of ether oxygens (including phenoxy) is 1. The molecule has 0 aliphatic rings. The van der Waals surface area contributed by atoms with Gasteiger partial charge in [0, 0.05) is 11.6 Å². The number of benzene rings is 1. The summed E-state index contributed by atoms with van der Waals surface area (Å²) < 4.78 is 18.0. The third-order valence-corrected chi connectivity index (χ3v) is 1.69. The van der Waals surface area contributed by atoms with Crippen molar-refractivity contribution in [3.8, 4) is 5.75 Å². The van der Waals surface area contributed by atoms with E-state index in [0.717, 1.165) is 6.42 Å². The van der Waals surface area contributed by atoms with E-state index in [-0.39, 0.29) is 5.82 Å². The molecule has 0 bridgehead atoms. The molecule has 0 radical (unpaired) electrons. The Morgan fingerprint density at radius 1 is 1.53 bits per heavy atom. The van der Waals surface area contributed by atoms with E-state index in [0.29, 0.717) is 18.3 Å². The average molecular weight is 327 g/mol. The van der Waals surface area contributed by atoms with Crippen LogP contribution in [0.25, 0.3) is 0 Å². The second kappa shape index (κ2) is 9.29.